The molecule has 2 N–H and O–H groups in total. The first kappa shape index (κ1) is 20.7. The maximum Gasteiger partial charge on any atom is 0.228 e. The minimum atomic E-state index is -0.592. The molecule has 0 saturated carbocycles. The Morgan fingerprint density at radius 1 is 1.03 bits per heavy atom. The number of imidazole rings is 1. The van der Waals surface area contributed by atoms with Crippen molar-refractivity contribution in [3.8, 4) is 0 Å². The molecule has 0 fully saturated rings. The third kappa shape index (κ3) is 4.28. The molecule has 1 aliphatic rings. The first-order valence-corrected chi connectivity index (χ1v) is 10.9. The van der Waals surface area contributed by atoms with Gasteiger partial charge in [0.2, 0.25) is 5.91 Å². The standard InChI is InChI=1S/C27H24N4O2/c1-18-6-2-3-7-20(18)16-24(32)29-22-12-10-19(11-13-22)26(33)25-27-28-14-15-31(27)17-21-8-4-5-9-23(21)30-25/h2-15,25,30H,16-17H2,1H3,(H,29,32). The van der Waals surface area contributed by atoms with E-state index in [-0.39, 0.29) is 11.7 Å². The number of Topliss-reactive ketones (excluding diaryl/α,β-unsaturated/α-hetero) is 1. The van der Waals surface area contributed by atoms with Gasteiger partial charge in [0.25, 0.3) is 0 Å². The molecule has 2 heterocycles. The Bertz CT molecular complexity index is 1320. The van der Waals surface area contributed by atoms with Crippen LogP contribution in [0.25, 0.3) is 0 Å². The fraction of sp³-hybridized carbons (Fsp3) is 0.148. The van der Waals surface area contributed by atoms with Crippen LogP contribution in [0.1, 0.15) is 38.9 Å². The van der Waals surface area contributed by atoms with Crippen LogP contribution in [0, 0.1) is 6.92 Å². The van der Waals surface area contributed by atoms with E-state index in [0.717, 1.165) is 22.4 Å². The number of anilines is 2. The Labute approximate surface area is 192 Å². The third-order valence-electron chi connectivity index (χ3n) is 5.99. The Kier molecular flexibility index (Phi) is 5.48. The molecule has 0 aliphatic carbocycles. The van der Waals surface area contributed by atoms with Gasteiger partial charge in [-0.25, -0.2) is 4.98 Å². The molecule has 1 aliphatic heterocycles. The molecule has 1 aromatic heterocycles. The molecule has 1 amide bonds. The number of nitrogens with zero attached hydrogens (tertiary/aromatic N) is 2. The molecular weight excluding hydrogens is 412 g/mol. The summed E-state index contributed by atoms with van der Waals surface area (Å²) in [5.41, 5.74) is 5.34. The first-order chi connectivity index (χ1) is 16.1. The molecule has 33 heavy (non-hydrogen) atoms. The fourth-order valence-electron chi connectivity index (χ4n) is 4.17. The maximum atomic E-state index is 13.4. The topological polar surface area (TPSA) is 76.0 Å². The van der Waals surface area contributed by atoms with Gasteiger partial charge in [0.05, 0.1) is 13.0 Å². The number of hydrogen-bond acceptors (Lipinski definition) is 4. The molecule has 0 bridgehead atoms. The smallest absolute Gasteiger partial charge is 0.228 e. The minimum absolute atomic E-state index is 0.0723. The highest BCUT2D eigenvalue weighted by atomic mass is 16.1. The summed E-state index contributed by atoms with van der Waals surface area (Å²) in [7, 11) is 0. The van der Waals surface area contributed by atoms with Crippen LogP contribution in [0.5, 0.6) is 0 Å². The fourth-order valence-corrected chi connectivity index (χ4v) is 4.17. The quantitative estimate of drug-likeness (QED) is 0.442. The van der Waals surface area contributed by atoms with Crippen LogP contribution in [0.3, 0.4) is 0 Å². The maximum absolute atomic E-state index is 13.4. The average Bonchev–Trinajstić information content (AvgIpc) is 3.21. The van der Waals surface area contributed by atoms with Crippen LogP contribution < -0.4 is 10.6 Å². The minimum Gasteiger partial charge on any atom is -0.369 e. The summed E-state index contributed by atoms with van der Waals surface area (Å²) in [5, 5.41) is 6.29. The van der Waals surface area contributed by atoms with E-state index in [4.69, 9.17) is 0 Å². The van der Waals surface area contributed by atoms with Crippen LogP contribution >= 0.6 is 0 Å². The summed E-state index contributed by atoms with van der Waals surface area (Å²) in [6.07, 6.45) is 3.92. The normalized spacial score (nSPS) is 14.4. The Morgan fingerprint density at radius 3 is 2.61 bits per heavy atom. The van der Waals surface area contributed by atoms with Crippen molar-refractivity contribution < 1.29 is 9.59 Å². The molecule has 3 aromatic carbocycles. The van der Waals surface area contributed by atoms with E-state index in [1.807, 2.05) is 66.2 Å². The van der Waals surface area contributed by atoms with Gasteiger partial charge in [0.1, 0.15) is 11.9 Å². The van der Waals surface area contributed by atoms with Crippen molar-refractivity contribution in [2.24, 2.45) is 0 Å². The highest BCUT2D eigenvalue weighted by Gasteiger charge is 2.29. The third-order valence-corrected chi connectivity index (χ3v) is 5.99. The van der Waals surface area contributed by atoms with Crippen molar-refractivity contribution in [2.45, 2.75) is 25.9 Å². The number of fused-ring (bicyclic) bond motifs is 2. The molecule has 6 nitrogen and oxygen atoms in total. The number of amides is 1. The van der Waals surface area contributed by atoms with Gasteiger partial charge < -0.3 is 15.2 Å². The number of nitrogens with one attached hydrogen (secondary N) is 2. The van der Waals surface area contributed by atoms with Crippen molar-refractivity contribution in [1.82, 2.24) is 9.55 Å². The second-order valence-corrected chi connectivity index (χ2v) is 8.24. The number of rotatable bonds is 5. The van der Waals surface area contributed by atoms with Crippen LogP contribution in [0.15, 0.2) is 85.2 Å². The lowest BCUT2D eigenvalue weighted by molar-refractivity contribution is -0.115. The summed E-state index contributed by atoms with van der Waals surface area (Å²) in [6.45, 7) is 2.66. The van der Waals surface area contributed by atoms with E-state index in [9.17, 15) is 9.59 Å². The molecule has 0 saturated heterocycles. The van der Waals surface area contributed by atoms with E-state index < -0.39 is 6.04 Å². The summed E-state index contributed by atoms with van der Waals surface area (Å²) in [5.74, 6) is 0.524. The zero-order chi connectivity index (χ0) is 22.8. The predicted molar refractivity (Wildman–Crippen MR) is 128 cm³/mol. The van der Waals surface area contributed by atoms with Gasteiger partial charge in [-0.1, -0.05) is 42.5 Å². The number of para-hydroxylation sites is 1. The number of benzene rings is 3. The number of carbonyl (C=O) groups is 2. The number of aromatic nitrogens is 2. The number of ketones is 1. The van der Waals surface area contributed by atoms with Gasteiger partial charge in [-0.05, 0) is 53.9 Å². The van der Waals surface area contributed by atoms with Crippen LogP contribution in [-0.4, -0.2) is 21.2 Å². The molecule has 1 atom stereocenters. The van der Waals surface area contributed by atoms with Crippen LogP contribution in [0.2, 0.25) is 0 Å². The average molecular weight is 437 g/mol. The Hall–Kier alpha value is -4.19. The van der Waals surface area contributed by atoms with E-state index in [1.54, 1.807) is 30.5 Å². The Balaban J connectivity index is 1.33. The van der Waals surface area contributed by atoms with Crippen molar-refractivity contribution >= 4 is 23.1 Å². The van der Waals surface area contributed by atoms with Crippen molar-refractivity contribution in [2.75, 3.05) is 10.6 Å². The Morgan fingerprint density at radius 2 is 1.79 bits per heavy atom. The second kappa shape index (κ2) is 8.74. The SMILES string of the molecule is Cc1ccccc1CC(=O)Nc1ccc(C(=O)C2Nc3ccccc3Cn3ccnc32)cc1. The summed E-state index contributed by atoms with van der Waals surface area (Å²) < 4.78 is 2.00. The van der Waals surface area contributed by atoms with Gasteiger partial charge in [0, 0.05) is 29.3 Å². The zero-order valence-corrected chi connectivity index (χ0v) is 18.3. The molecule has 1 unspecified atom stereocenters. The van der Waals surface area contributed by atoms with Crippen molar-refractivity contribution in [3.63, 3.8) is 0 Å². The lowest BCUT2D eigenvalue weighted by atomic mass is 10.0. The largest absolute Gasteiger partial charge is 0.369 e. The highest BCUT2D eigenvalue weighted by molar-refractivity contribution is 6.02. The van der Waals surface area contributed by atoms with Crippen LogP contribution in [-0.2, 0) is 17.8 Å². The molecule has 0 radical (unpaired) electrons. The van der Waals surface area contributed by atoms with Gasteiger partial charge in [-0.3, -0.25) is 9.59 Å². The number of carbonyl (C=O) groups excluding carboxylic acids is 2. The van der Waals surface area contributed by atoms with E-state index >= 15 is 0 Å². The zero-order valence-electron chi connectivity index (χ0n) is 18.3. The second-order valence-electron chi connectivity index (χ2n) is 8.24. The van der Waals surface area contributed by atoms with E-state index in [2.05, 4.69) is 15.6 Å². The molecule has 6 heteroatoms. The van der Waals surface area contributed by atoms with Gasteiger partial charge >= 0.3 is 0 Å². The van der Waals surface area contributed by atoms with Gasteiger partial charge in [-0.15, -0.1) is 0 Å². The lowest BCUT2D eigenvalue weighted by Gasteiger charge is -2.17. The van der Waals surface area contributed by atoms with Gasteiger partial charge in [-0.2, -0.15) is 0 Å². The number of hydrogen-bond donors (Lipinski definition) is 2. The van der Waals surface area contributed by atoms with Crippen molar-refractivity contribution in [1.29, 1.82) is 0 Å². The predicted octanol–water partition coefficient (Wildman–Crippen LogP) is 4.77. The first-order valence-electron chi connectivity index (χ1n) is 10.9. The molecule has 5 rings (SSSR count). The van der Waals surface area contributed by atoms with E-state index in [0.29, 0.717) is 30.0 Å². The molecule has 4 aromatic rings. The summed E-state index contributed by atoms with van der Waals surface area (Å²) in [6, 6.07) is 22.2. The van der Waals surface area contributed by atoms with E-state index in [1.165, 1.54) is 0 Å². The molecule has 0 spiro atoms. The highest BCUT2D eigenvalue weighted by Crippen LogP contribution is 2.30. The van der Waals surface area contributed by atoms with Gasteiger partial charge in [0.15, 0.2) is 5.78 Å². The van der Waals surface area contributed by atoms with Crippen LogP contribution in [0.4, 0.5) is 11.4 Å². The monoisotopic (exact) mass is 436 g/mol. The summed E-state index contributed by atoms with van der Waals surface area (Å²) >= 11 is 0. The lowest BCUT2D eigenvalue weighted by Crippen LogP contribution is -2.23. The molecule has 164 valence electrons. The summed E-state index contributed by atoms with van der Waals surface area (Å²) in [4.78, 5) is 30.4. The number of aryl methyl sites for hydroxylation is 1. The van der Waals surface area contributed by atoms with Crippen molar-refractivity contribution in [3.05, 3.63) is 113 Å². The molecular formula is C27H24N4O2.